The molecule has 2 N–H and O–H groups in total. The van der Waals surface area contributed by atoms with Crippen LogP contribution in [0.5, 0.6) is 0 Å². The molecule has 1 saturated heterocycles. The maximum absolute atomic E-state index is 12.6. The van der Waals surface area contributed by atoms with Crippen molar-refractivity contribution >= 4 is 29.6 Å². The molecule has 7 nitrogen and oxygen atoms in total. The first-order valence-corrected chi connectivity index (χ1v) is 9.76. The minimum absolute atomic E-state index is 0.224. The molecule has 144 valence electrons. The van der Waals surface area contributed by atoms with Crippen LogP contribution in [0.15, 0.2) is 29.2 Å². The smallest absolute Gasteiger partial charge is 0.410 e. The van der Waals surface area contributed by atoms with Gasteiger partial charge in [-0.15, -0.1) is 11.8 Å². The first kappa shape index (κ1) is 20.4. The number of thioether (sulfide) groups is 1. The van der Waals surface area contributed by atoms with E-state index in [4.69, 9.17) is 4.74 Å². The zero-order valence-corrected chi connectivity index (χ0v) is 16.5. The first-order chi connectivity index (χ1) is 12.2. The number of anilines is 1. The van der Waals surface area contributed by atoms with E-state index < -0.39 is 17.7 Å². The number of hydrogen-bond acceptors (Lipinski definition) is 5. The van der Waals surface area contributed by atoms with Crippen LogP contribution in [0.1, 0.15) is 20.8 Å². The van der Waals surface area contributed by atoms with Crippen molar-refractivity contribution in [3.63, 3.8) is 0 Å². The van der Waals surface area contributed by atoms with Gasteiger partial charge in [0, 0.05) is 30.2 Å². The molecule has 1 aliphatic heterocycles. The van der Waals surface area contributed by atoms with Crippen LogP contribution < -0.4 is 5.32 Å². The van der Waals surface area contributed by atoms with Crippen molar-refractivity contribution in [1.29, 1.82) is 0 Å². The van der Waals surface area contributed by atoms with Gasteiger partial charge >= 0.3 is 12.1 Å². The summed E-state index contributed by atoms with van der Waals surface area (Å²) in [5, 5.41) is 12.5. The largest absolute Gasteiger partial charge is 0.444 e. The molecule has 0 aliphatic carbocycles. The van der Waals surface area contributed by atoms with Crippen molar-refractivity contribution in [3.05, 3.63) is 24.3 Å². The molecular formula is C18H27N3O4S. The van der Waals surface area contributed by atoms with Gasteiger partial charge in [-0.05, 0) is 51.3 Å². The number of aliphatic hydroxyl groups excluding tert-OH is 1. The van der Waals surface area contributed by atoms with Crippen LogP contribution >= 0.6 is 11.8 Å². The lowest BCUT2D eigenvalue weighted by Gasteiger charge is -2.40. The Morgan fingerprint density at radius 2 is 1.92 bits per heavy atom. The second kappa shape index (κ2) is 8.64. The third kappa shape index (κ3) is 5.54. The number of aliphatic hydroxyl groups is 1. The van der Waals surface area contributed by atoms with Gasteiger partial charge in [-0.25, -0.2) is 9.59 Å². The van der Waals surface area contributed by atoms with Crippen molar-refractivity contribution in [2.45, 2.75) is 37.3 Å². The molecule has 26 heavy (non-hydrogen) atoms. The van der Waals surface area contributed by atoms with E-state index in [-0.39, 0.29) is 19.2 Å². The molecule has 1 fully saturated rings. The average molecular weight is 381 g/mol. The second-order valence-corrected chi connectivity index (χ2v) is 7.99. The van der Waals surface area contributed by atoms with E-state index in [0.29, 0.717) is 18.8 Å². The van der Waals surface area contributed by atoms with Crippen molar-refractivity contribution in [2.75, 3.05) is 37.8 Å². The Morgan fingerprint density at radius 1 is 1.27 bits per heavy atom. The van der Waals surface area contributed by atoms with Gasteiger partial charge in [0.2, 0.25) is 0 Å². The highest BCUT2D eigenvalue weighted by Gasteiger charge is 2.34. The van der Waals surface area contributed by atoms with Gasteiger partial charge in [-0.3, -0.25) is 0 Å². The van der Waals surface area contributed by atoms with Gasteiger partial charge in [0.25, 0.3) is 0 Å². The van der Waals surface area contributed by atoms with Crippen molar-refractivity contribution in [3.8, 4) is 0 Å². The zero-order chi connectivity index (χ0) is 19.3. The number of benzene rings is 1. The summed E-state index contributed by atoms with van der Waals surface area (Å²) in [5.41, 5.74) is 0.113. The number of urea groups is 1. The lowest BCUT2D eigenvalue weighted by atomic mass is 10.2. The third-order valence-electron chi connectivity index (χ3n) is 3.95. The Kier molecular flexibility index (Phi) is 6.77. The highest BCUT2D eigenvalue weighted by molar-refractivity contribution is 7.98. The van der Waals surface area contributed by atoms with Crippen molar-refractivity contribution in [2.24, 2.45) is 0 Å². The Bertz CT molecular complexity index is 630. The minimum atomic E-state index is -0.580. The summed E-state index contributed by atoms with van der Waals surface area (Å²) in [6, 6.07) is 6.80. The predicted octanol–water partition coefficient (Wildman–Crippen LogP) is 2.85. The summed E-state index contributed by atoms with van der Waals surface area (Å²) >= 11 is 1.63. The number of rotatable bonds is 3. The Balaban J connectivity index is 1.97. The molecule has 3 amide bonds. The SMILES string of the molecule is CSc1ccc(NC(=O)N2CCN(C(=O)OC(C)(C)C)CC2CO)cc1. The zero-order valence-electron chi connectivity index (χ0n) is 15.7. The van der Waals surface area contributed by atoms with Crippen LogP contribution in [-0.4, -0.2) is 71.2 Å². The number of ether oxygens (including phenoxy) is 1. The number of nitrogens with zero attached hydrogens (tertiary/aromatic N) is 2. The minimum Gasteiger partial charge on any atom is -0.444 e. The van der Waals surface area contributed by atoms with Gasteiger partial charge in [-0.1, -0.05) is 0 Å². The molecule has 1 aromatic rings. The molecule has 0 radical (unpaired) electrons. The maximum atomic E-state index is 12.6. The van der Waals surface area contributed by atoms with Gasteiger partial charge in [0.05, 0.1) is 12.6 Å². The van der Waals surface area contributed by atoms with E-state index in [1.54, 1.807) is 37.4 Å². The lowest BCUT2D eigenvalue weighted by molar-refractivity contribution is 0.00416. The number of hydrogen-bond donors (Lipinski definition) is 2. The highest BCUT2D eigenvalue weighted by Crippen LogP contribution is 2.19. The Hall–Kier alpha value is -1.93. The number of amides is 3. The van der Waals surface area contributed by atoms with Crippen LogP contribution in [-0.2, 0) is 4.74 Å². The Morgan fingerprint density at radius 3 is 2.46 bits per heavy atom. The summed E-state index contributed by atoms with van der Waals surface area (Å²) in [6.07, 6.45) is 1.56. The molecule has 1 atom stereocenters. The predicted molar refractivity (Wildman–Crippen MR) is 103 cm³/mol. The van der Waals surface area contributed by atoms with E-state index >= 15 is 0 Å². The summed E-state index contributed by atoms with van der Waals surface area (Å²) < 4.78 is 5.37. The molecule has 8 heteroatoms. The molecule has 1 heterocycles. The monoisotopic (exact) mass is 381 g/mol. The quantitative estimate of drug-likeness (QED) is 0.787. The molecule has 1 unspecified atom stereocenters. The average Bonchev–Trinajstić information content (AvgIpc) is 2.60. The van der Waals surface area contributed by atoms with E-state index in [2.05, 4.69) is 5.32 Å². The Labute approximate surface area is 158 Å². The summed E-state index contributed by atoms with van der Waals surface area (Å²) in [7, 11) is 0. The second-order valence-electron chi connectivity index (χ2n) is 7.11. The molecule has 1 aromatic carbocycles. The fraction of sp³-hybridized carbons (Fsp3) is 0.556. The molecule has 0 spiro atoms. The normalized spacial score (nSPS) is 17.8. The van der Waals surface area contributed by atoms with Gasteiger partial charge in [0.15, 0.2) is 0 Å². The molecule has 0 saturated carbocycles. The molecule has 2 rings (SSSR count). The fourth-order valence-electron chi connectivity index (χ4n) is 2.64. The summed E-state index contributed by atoms with van der Waals surface area (Å²) in [4.78, 5) is 29.0. The van der Waals surface area contributed by atoms with E-state index in [9.17, 15) is 14.7 Å². The molecular weight excluding hydrogens is 354 g/mol. The van der Waals surface area contributed by atoms with E-state index in [0.717, 1.165) is 4.90 Å². The van der Waals surface area contributed by atoms with Gasteiger partial charge < -0.3 is 25.0 Å². The van der Waals surface area contributed by atoms with Crippen LogP contribution in [0.2, 0.25) is 0 Å². The van der Waals surface area contributed by atoms with Crippen LogP contribution in [0.3, 0.4) is 0 Å². The van der Waals surface area contributed by atoms with Crippen LogP contribution in [0.4, 0.5) is 15.3 Å². The summed E-state index contributed by atoms with van der Waals surface area (Å²) in [6.45, 7) is 6.13. The van der Waals surface area contributed by atoms with Crippen LogP contribution in [0, 0.1) is 0 Å². The van der Waals surface area contributed by atoms with Crippen molar-refractivity contribution in [1.82, 2.24) is 9.80 Å². The number of nitrogens with one attached hydrogen (secondary N) is 1. The van der Waals surface area contributed by atoms with Crippen molar-refractivity contribution < 1.29 is 19.4 Å². The number of piperazine rings is 1. The molecule has 1 aliphatic rings. The van der Waals surface area contributed by atoms with E-state index in [1.165, 1.54) is 4.90 Å². The highest BCUT2D eigenvalue weighted by atomic mass is 32.2. The fourth-order valence-corrected chi connectivity index (χ4v) is 3.05. The van der Waals surface area contributed by atoms with E-state index in [1.807, 2.05) is 30.5 Å². The molecule has 0 bridgehead atoms. The third-order valence-corrected chi connectivity index (χ3v) is 4.69. The lowest BCUT2D eigenvalue weighted by Crippen LogP contribution is -2.59. The van der Waals surface area contributed by atoms with Crippen LogP contribution in [0.25, 0.3) is 0 Å². The first-order valence-electron chi connectivity index (χ1n) is 8.54. The van der Waals surface area contributed by atoms with Gasteiger partial charge in [-0.2, -0.15) is 0 Å². The topological polar surface area (TPSA) is 82.1 Å². The maximum Gasteiger partial charge on any atom is 0.410 e. The summed E-state index contributed by atoms with van der Waals surface area (Å²) in [5.74, 6) is 0. The standard InChI is InChI=1S/C18H27N3O4S/c1-18(2,3)25-17(24)20-9-10-21(14(11-20)12-22)16(23)19-13-5-7-15(26-4)8-6-13/h5-8,14,22H,9-12H2,1-4H3,(H,19,23). The number of carbonyl (C=O) groups excluding carboxylic acids is 2. The van der Waals surface area contributed by atoms with Gasteiger partial charge in [0.1, 0.15) is 5.60 Å². The molecule has 0 aromatic heterocycles. The number of carbonyl (C=O) groups is 2.